The molecule has 1 rings (SSSR count). The molecule has 0 aromatic heterocycles. The molecule has 0 aliphatic carbocycles. The van der Waals surface area contributed by atoms with E-state index < -0.39 is 0 Å². The van der Waals surface area contributed by atoms with Crippen molar-refractivity contribution in [2.24, 2.45) is 5.73 Å². The van der Waals surface area contributed by atoms with Gasteiger partial charge in [-0.05, 0) is 17.7 Å². The van der Waals surface area contributed by atoms with Crippen LogP contribution in [0.1, 0.15) is 5.56 Å². The Kier molecular flexibility index (Phi) is 2.11. The van der Waals surface area contributed by atoms with E-state index in [-0.39, 0.29) is 18.1 Å². The summed E-state index contributed by atoms with van der Waals surface area (Å²) in [4.78, 5) is 10.4. The summed E-state index contributed by atoms with van der Waals surface area (Å²) in [6.45, 7) is 0. The van der Waals surface area contributed by atoms with Crippen molar-refractivity contribution in [3.8, 4) is 5.75 Å². The Morgan fingerprint density at radius 3 is 2.27 bits per heavy atom. The van der Waals surface area contributed by atoms with Crippen LogP contribution in [0.3, 0.4) is 0 Å². The molecule has 0 spiro atoms. The number of carbonyl (C=O) groups excluding carboxylic acids is 1. The Bertz CT molecular complexity index is 253. The highest BCUT2D eigenvalue weighted by Gasteiger charge is 1.97. The molecule has 11 heavy (non-hydrogen) atoms. The molecule has 0 atom stereocenters. The van der Waals surface area contributed by atoms with Gasteiger partial charge in [0.25, 0.3) is 0 Å². The van der Waals surface area contributed by atoms with E-state index in [9.17, 15) is 9.90 Å². The molecule has 1 aromatic rings. The maximum Gasteiger partial charge on any atom is 0.221 e. The van der Waals surface area contributed by atoms with E-state index in [0.717, 1.165) is 5.56 Å². The number of primary amides is 1. The van der Waals surface area contributed by atoms with Crippen molar-refractivity contribution in [1.29, 1.82) is 0 Å². The van der Waals surface area contributed by atoms with Gasteiger partial charge < -0.3 is 5.73 Å². The first-order valence-corrected chi connectivity index (χ1v) is 3.23. The van der Waals surface area contributed by atoms with Crippen LogP contribution in [0.5, 0.6) is 5.75 Å². The third-order valence-electron chi connectivity index (χ3n) is 1.30. The predicted octanol–water partition coefficient (Wildman–Crippen LogP) is 0.858. The van der Waals surface area contributed by atoms with Gasteiger partial charge in [0, 0.05) is 0 Å². The Labute approximate surface area is 64.5 Å². The molecule has 0 heterocycles. The zero-order valence-electron chi connectivity index (χ0n) is 5.91. The minimum Gasteiger partial charge on any atom is -0.369 e. The molecule has 0 bridgehead atoms. The van der Waals surface area contributed by atoms with E-state index in [0.29, 0.717) is 0 Å². The molecule has 0 saturated carbocycles. The lowest BCUT2D eigenvalue weighted by Crippen LogP contribution is -2.13. The van der Waals surface area contributed by atoms with Crippen LogP contribution < -0.4 is 5.73 Å². The Morgan fingerprint density at radius 2 is 1.82 bits per heavy atom. The first-order valence-electron chi connectivity index (χ1n) is 3.23. The summed E-state index contributed by atoms with van der Waals surface area (Å²) >= 11 is 0. The van der Waals surface area contributed by atoms with Gasteiger partial charge >= 0.3 is 0 Å². The highest BCUT2D eigenvalue weighted by Crippen LogP contribution is 2.10. The van der Waals surface area contributed by atoms with E-state index in [4.69, 9.17) is 5.73 Å². The van der Waals surface area contributed by atoms with Gasteiger partial charge in [-0.1, -0.05) is 12.1 Å². The number of carbonyl (C=O) groups is 1. The summed E-state index contributed by atoms with van der Waals surface area (Å²) in [5.41, 5.74) is 5.72. The number of rotatable bonds is 2. The lowest BCUT2D eigenvalue weighted by atomic mass is 10.1. The van der Waals surface area contributed by atoms with Gasteiger partial charge in [-0.2, -0.15) is 0 Å². The molecule has 1 radical (unpaired) electrons. The van der Waals surface area contributed by atoms with Crippen LogP contribution >= 0.6 is 0 Å². The molecular weight excluding hydrogens is 142 g/mol. The average Bonchev–Trinajstić information content (AvgIpc) is 1.93. The van der Waals surface area contributed by atoms with Crippen molar-refractivity contribution in [1.82, 2.24) is 0 Å². The monoisotopic (exact) mass is 150 g/mol. The number of benzene rings is 1. The van der Waals surface area contributed by atoms with Gasteiger partial charge in [0.2, 0.25) is 5.91 Å². The van der Waals surface area contributed by atoms with Gasteiger partial charge in [-0.15, -0.1) is 0 Å². The summed E-state index contributed by atoms with van der Waals surface area (Å²) in [6.07, 6.45) is 0.195. The predicted molar refractivity (Wildman–Crippen MR) is 39.5 cm³/mol. The van der Waals surface area contributed by atoms with E-state index in [2.05, 4.69) is 0 Å². The topological polar surface area (TPSA) is 63.0 Å². The second-order valence-corrected chi connectivity index (χ2v) is 2.29. The minimum atomic E-state index is -0.386. The van der Waals surface area contributed by atoms with Gasteiger partial charge in [0.1, 0.15) is 0 Å². The van der Waals surface area contributed by atoms with Crippen LogP contribution in [-0.4, -0.2) is 5.91 Å². The van der Waals surface area contributed by atoms with Gasteiger partial charge in [0.15, 0.2) is 5.75 Å². The van der Waals surface area contributed by atoms with Crippen LogP contribution in [-0.2, 0) is 16.3 Å². The fraction of sp³-hybridized carbons (Fsp3) is 0.125. The number of hydrogen-bond donors (Lipinski definition) is 1. The zero-order valence-corrected chi connectivity index (χ0v) is 5.91. The lowest BCUT2D eigenvalue weighted by molar-refractivity contribution is -0.117. The van der Waals surface area contributed by atoms with E-state index >= 15 is 0 Å². The molecule has 0 aliphatic rings. The summed E-state index contributed by atoms with van der Waals surface area (Å²) in [7, 11) is 0. The molecule has 0 aliphatic heterocycles. The number of nitrogens with two attached hydrogens (primary N) is 1. The first-order chi connectivity index (χ1) is 5.18. The Morgan fingerprint density at radius 1 is 1.27 bits per heavy atom. The van der Waals surface area contributed by atoms with Gasteiger partial charge in [0.05, 0.1) is 6.42 Å². The molecule has 0 unspecified atom stereocenters. The molecular formula is C8H8NO2. The van der Waals surface area contributed by atoms with Crippen LogP contribution in [0.4, 0.5) is 0 Å². The highest BCUT2D eigenvalue weighted by atomic mass is 16.3. The largest absolute Gasteiger partial charge is 0.369 e. The fourth-order valence-corrected chi connectivity index (χ4v) is 0.808. The molecule has 3 nitrogen and oxygen atoms in total. The van der Waals surface area contributed by atoms with Crippen molar-refractivity contribution >= 4 is 5.91 Å². The molecule has 0 fully saturated rings. The maximum atomic E-state index is 10.6. The quantitative estimate of drug-likeness (QED) is 0.667. The fourth-order valence-electron chi connectivity index (χ4n) is 0.808. The molecule has 1 aromatic carbocycles. The van der Waals surface area contributed by atoms with Crippen molar-refractivity contribution in [3.63, 3.8) is 0 Å². The molecule has 57 valence electrons. The van der Waals surface area contributed by atoms with E-state index in [1.807, 2.05) is 0 Å². The summed E-state index contributed by atoms with van der Waals surface area (Å²) in [6, 6.07) is 6.04. The van der Waals surface area contributed by atoms with Gasteiger partial charge in [-0.25, -0.2) is 0 Å². The molecule has 0 saturated heterocycles. The summed E-state index contributed by atoms with van der Waals surface area (Å²) in [5.74, 6) is -0.443. The SMILES string of the molecule is NC(=O)Cc1ccc([O])cc1. The van der Waals surface area contributed by atoms with E-state index in [1.54, 1.807) is 12.1 Å². The van der Waals surface area contributed by atoms with Crippen LogP contribution in [0.25, 0.3) is 0 Å². The molecule has 1 amide bonds. The first kappa shape index (κ1) is 7.60. The standard InChI is InChI=1S/C8H8NO2/c9-8(11)5-6-1-3-7(10)4-2-6/h1-4H,5H2,(H2,9,11). The van der Waals surface area contributed by atoms with Crippen LogP contribution in [0.15, 0.2) is 24.3 Å². The Balaban J connectivity index is 2.74. The average molecular weight is 150 g/mol. The van der Waals surface area contributed by atoms with Crippen molar-refractivity contribution < 1.29 is 9.90 Å². The third kappa shape index (κ3) is 2.29. The second-order valence-electron chi connectivity index (χ2n) is 2.29. The van der Waals surface area contributed by atoms with E-state index in [1.165, 1.54) is 12.1 Å². The summed E-state index contributed by atoms with van der Waals surface area (Å²) in [5, 5.41) is 10.6. The third-order valence-corrected chi connectivity index (χ3v) is 1.30. The van der Waals surface area contributed by atoms with Crippen molar-refractivity contribution in [2.45, 2.75) is 6.42 Å². The highest BCUT2D eigenvalue weighted by molar-refractivity contribution is 5.76. The minimum absolute atomic E-state index is 0.0572. The summed E-state index contributed by atoms with van der Waals surface area (Å²) < 4.78 is 0. The zero-order chi connectivity index (χ0) is 8.27. The molecule has 2 N–H and O–H groups in total. The van der Waals surface area contributed by atoms with Crippen molar-refractivity contribution in [2.75, 3.05) is 0 Å². The van der Waals surface area contributed by atoms with Crippen LogP contribution in [0, 0.1) is 0 Å². The Hall–Kier alpha value is -1.51. The number of amides is 1. The smallest absolute Gasteiger partial charge is 0.221 e. The van der Waals surface area contributed by atoms with Crippen molar-refractivity contribution in [3.05, 3.63) is 29.8 Å². The molecule has 3 heteroatoms. The lowest BCUT2D eigenvalue weighted by Gasteiger charge is -1.94. The second kappa shape index (κ2) is 3.05. The van der Waals surface area contributed by atoms with Crippen LogP contribution in [0.2, 0.25) is 0 Å². The normalized spacial score (nSPS) is 9.45. The number of hydrogen-bond acceptors (Lipinski definition) is 1. The maximum absolute atomic E-state index is 10.6. The van der Waals surface area contributed by atoms with Gasteiger partial charge in [-0.3, -0.25) is 9.90 Å².